The fraction of sp³-hybridized carbons (Fsp3) is 0.0556. The van der Waals surface area contributed by atoms with Crippen molar-refractivity contribution in [3.63, 3.8) is 0 Å². The Kier molecular flexibility index (Phi) is 6.10. The van der Waals surface area contributed by atoms with Crippen LogP contribution in [0.2, 0.25) is 10.0 Å². The molecule has 0 saturated heterocycles. The number of nitrogens with zero attached hydrogens (tertiary/aromatic N) is 3. The van der Waals surface area contributed by atoms with Crippen molar-refractivity contribution in [2.24, 2.45) is 0 Å². The highest BCUT2D eigenvalue weighted by molar-refractivity contribution is 6.31. The van der Waals surface area contributed by atoms with Gasteiger partial charge in [0, 0.05) is 15.6 Å². The largest absolute Gasteiger partial charge is 0.434 e. The number of rotatable bonds is 6. The van der Waals surface area contributed by atoms with Crippen LogP contribution in [0.15, 0.2) is 48.8 Å². The Balaban J connectivity index is 1.83. The van der Waals surface area contributed by atoms with E-state index in [1.165, 1.54) is 12.1 Å². The van der Waals surface area contributed by atoms with Crippen LogP contribution in [-0.4, -0.2) is 20.8 Å². The Morgan fingerprint density at radius 3 is 2.66 bits per heavy atom. The predicted molar refractivity (Wildman–Crippen MR) is 107 cm³/mol. The predicted octanol–water partition coefficient (Wildman–Crippen LogP) is 4.55. The summed E-state index contributed by atoms with van der Waals surface area (Å²) in [6, 6.07) is 11.0. The average Bonchev–Trinajstić information content (AvgIpc) is 2.68. The van der Waals surface area contributed by atoms with E-state index in [1.54, 1.807) is 37.3 Å². The first-order valence-corrected chi connectivity index (χ1v) is 8.86. The molecule has 1 amide bonds. The van der Waals surface area contributed by atoms with Gasteiger partial charge in [0.15, 0.2) is 0 Å². The summed E-state index contributed by atoms with van der Waals surface area (Å²) in [7, 11) is 0. The van der Waals surface area contributed by atoms with Crippen LogP contribution < -0.4 is 15.6 Å². The lowest BCUT2D eigenvalue weighted by molar-refractivity contribution is -0.385. The first-order chi connectivity index (χ1) is 13.8. The second-order valence-corrected chi connectivity index (χ2v) is 6.58. The van der Waals surface area contributed by atoms with Crippen molar-refractivity contribution in [3.05, 3.63) is 80.1 Å². The van der Waals surface area contributed by atoms with E-state index < -0.39 is 16.5 Å². The first kappa shape index (κ1) is 20.3. The number of nitrogens with one attached hydrogen (secondary N) is 2. The Hall–Kier alpha value is -3.43. The third kappa shape index (κ3) is 4.89. The zero-order valence-electron chi connectivity index (χ0n) is 14.8. The van der Waals surface area contributed by atoms with E-state index >= 15 is 0 Å². The number of amides is 1. The van der Waals surface area contributed by atoms with Gasteiger partial charge in [-0.2, -0.15) is 4.98 Å². The van der Waals surface area contributed by atoms with Crippen molar-refractivity contribution >= 4 is 40.6 Å². The molecule has 0 radical (unpaired) electrons. The Morgan fingerprint density at radius 2 is 1.97 bits per heavy atom. The lowest BCUT2D eigenvalue weighted by Gasteiger charge is -2.11. The molecular weight excluding hydrogens is 421 g/mol. The van der Waals surface area contributed by atoms with Gasteiger partial charge in [-0.05, 0) is 48.9 Å². The van der Waals surface area contributed by atoms with Crippen LogP contribution >= 0.6 is 23.2 Å². The fourth-order valence-corrected chi connectivity index (χ4v) is 2.61. The van der Waals surface area contributed by atoms with Gasteiger partial charge in [0.2, 0.25) is 5.82 Å². The second-order valence-electron chi connectivity index (χ2n) is 5.74. The fourth-order valence-electron chi connectivity index (χ4n) is 2.30. The molecule has 0 spiro atoms. The summed E-state index contributed by atoms with van der Waals surface area (Å²) in [5.74, 6) is -0.800. The van der Waals surface area contributed by atoms with Crippen LogP contribution in [0, 0.1) is 17.0 Å². The standard InChI is InChI=1S/C18H13Cl2N5O4/c1-10-7-13(5-6-14(10)20)29-18-15(25(27)28)16(21-9-22-18)23-24-17(26)11-3-2-4-12(19)8-11/h2-9H,1H3,(H,24,26)(H,21,22,23). The molecule has 0 unspecified atom stereocenters. The molecular formula is C18H13Cl2N5O4. The highest BCUT2D eigenvalue weighted by Crippen LogP contribution is 2.34. The molecule has 0 aliphatic rings. The quantitative estimate of drug-likeness (QED) is 0.432. The van der Waals surface area contributed by atoms with E-state index in [-0.39, 0.29) is 17.3 Å². The van der Waals surface area contributed by atoms with Crippen molar-refractivity contribution in [1.29, 1.82) is 0 Å². The van der Waals surface area contributed by atoms with E-state index in [1.807, 2.05) is 0 Å². The minimum absolute atomic E-state index is 0.249. The van der Waals surface area contributed by atoms with E-state index in [2.05, 4.69) is 20.8 Å². The van der Waals surface area contributed by atoms with Gasteiger partial charge >= 0.3 is 11.6 Å². The van der Waals surface area contributed by atoms with Crippen LogP contribution in [0.1, 0.15) is 15.9 Å². The van der Waals surface area contributed by atoms with Crippen LogP contribution in [0.3, 0.4) is 0 Å². The number of aromatic nitrogens is 2. The zero-order chi connectivity index (χ0) is 21.0. The van der Waals surface area contributed by atoms with Crippen molar-refractivity contribution in [2.45, 2.75) is 6.92 Å². The average molecular weight is 434 g/mol. The molecule has 2 N–H and O–H groups in total. The maximum Gasteiger partial charge on any atom is 0.374 e. The number of ether oxygens (including phenoxy) is 1. The van der Waals surface area contributed by atoms with Crippen LogP contribution in [0.4, 0.5) is 11.5 Å². The number of carbonyl (C=O) groups is 1. The third-order valence-corrected chi connectivity index (χ3v) is 4.36. The third-order valence-electron chi connectivity index (χ3n) is 3.70. The summed E-state index contributed by atoms with van der Waals surface area (Å²) < 4.78 is 5.53. The number of carbonyl (C=O) groups excluding carboxylic acids is 1. The van der Waals surface area contributed by atoms with Gasteiger partial charge in [0.05, 0.1) is 4.92 Å². The van der Waals surface area contributed by atoms with Crippen LogP contribution in [0.5, 0.6) is 11.6 Å². The van der Waals surface area contributed by atoms with Crippen molar-refractivity contribution in [3.8, 4) is 11.6 Å². The topological polar surface area (TPSA) is 119 Å². The van der Waals surface area contributed by atoms with Gasteiger partial charge in [0.25, 0.3) is 5.91 Å². The van der Waals surface area contributed by atoms with Gasteiger partial charge < -0.3 is 4.74 Å². The Morgan fingerprint density at radius 1 is 1.17 bits per heavy atom. The number of hydrogen-bond donors (Lipinski definition) is 2. The summed E-state index contributed by atoms with van der Waals surface area (Å²) in [6.07, 6.45) is 1.07. The smallest absolute Gasteiger partial charge is 0.374 e. The molecule has 0 saturated carbocycles. The second kappa shape index (κ2) is 8.72. The minimum Gasteiger partial charge on any atom is -0.434 e. The molecule has 0 aliphatic heterocycles. The van der Waals surface area contributed by atoms with Crippen molar-refractivity contribution in [2.75, 3.05) is 5.43 Å². The van der Waals surface area contributed by atoms with E-state index in [9.17, 15) is 14.9 Å². The summed E-state index contributed by atoms with van der Waals surface area (Å²) >= 11 is 11.8. The molecule has 1 heterocycles. The molecule has 9 nitrogen and oxygen atoms in total. The maximum atomic E-state index is 12.2. The molecule has 0 bridgehead atoms. The van der Waals surface area contributed by atoms with Gasteiger partial charge in [0.1, 0.15) is 12.1 Å². The lowest BCUT2D eigenvalue weighted by atomic mass is 10.2. The van der Waals surface area contributed by atoms with E-state index in [4.69, 9.17) is 27.9 Å². The molecule has 0 aliphatic carbocycles. The highest BCUT2D eigenvalue weighted by Gasteiger charge is 2.25. The molecule has 0 fully saturated rings. The molecule has 3 rings (SSSR count). The van der Waals surface area contributed by atoms with Gasteiger partial charge in [-0.1, -0.05) is 29.3 Å². The summed E-state index contributed by atoms with van der Waals surface area (Å²) in [6.45, 7) is 1.77. The van der Waals surface area contributed by atoms with Gasteiger partial charge in [-0.25, -0.2) is 4.98 Å². The number of nitro groups is 1. The minimum atomic E-state index is -0.716. The number of hydrazine groups is 1. The van der Waals surface area contributed by atoms with E-state index in [0.717, 1.165) is 11.9 Å². The molecule has 0 atom stereocenters. The van der Waals surface area contributed by atoms with Gasteiger partial charge in [-0.15, -0.1) is 0 Å². The molecule has 2 aromatic carbocycles. The number of aryl methyl sites for hydroxylation is 1. The van der Waals surface area contributed by atoms with Crippen LogP contribution in [-0.2, 0) is 0 Å². The van der Waals surface area contributed by atoms with Gasteiger partial charge in [-0.3, -0.25) is 25.8 Å². The summed E-state index contributed by atoms with van der Waals surface area (Å²) in [5.41, 5.74) is 5.19. The monoisotopic (exact) mass is 433 g/mol. The number of benzene rings is 2. The van der Waals surface area contributed by atoms with E-state index in [0.29, 0.717) is 15.8 Å². The first-order valence-electron chi connectivity index (χ1n) is 8.10. The molecule has 29 heavy (non-hydrogen) atoms. The lowest BCUT2D eigenvalue weighted by Crippen LogP contribution is -2.30. The SMILES string of the molecule is Cc1cc(Oc2ncnc(NNC(=O)c3cccc(Cl)c3)c2[N+](=O)[O-])ccc1Cl. The normalized spacial score (nSPS) is 10.3. The molecule has 3 aromatic rings. The molecule has 1 aromatic heterocycles. The van der Waals surface area contributed by atoms with Crippen molar-refractivity contribution in [1.82, 2.24) is 15.4 Å². The summed E-state index contributed by atoms with van der Waals surface area (Å²) in [5, 5.41) is 12.5. The number of anilines is 1. The Bertz CT molecular complexity index is 1090. The van der Waals surface area contributed by atoms with Crippen molar-refractivity contribution < 1.29 is 14.5 Å². The zero-order valence-corrected chi connectivity index (χ0v) is 16.4. The van der Waals surface area contributed by atoms with Crippen LogP contribution in [0.25, 0.3) is 0 Å². The summed E-state index contributed by atoms with van der Waals surface area (Å²) in [4.78, 5) is 30.7. The number of hydrogen-bond acceptors (Lipinski definition) is 7. The molecule has 148 valence electrons. The maximum absolute atomic E-state index is 12.2. The molecule has 11 heteroatoms. The Labute approximate surface area is 174 Å². The highest BCUT2D eigenvalue weighted by atomic mass is 35.5. The number of halogens is 2.